The molecule has 1 nitrogen and oxygen atoms in total. The first-order valence-corrected chi connectivity index (χ1v) is 5.98. The largest absolute Gasteiger partial charge is 0.380 e. The van der Waals surface area contributed by atoms with Crippen molar-refractivity contribution in [3.05, 3.63) is 63.9 Å². The summed E-state index contributed by atoms with van der Waals surface area (Å²) < 4.78 is 39.6. The maximum Gasteiger partial charge on any atom is 0.126 e. The van der Waals surface area contributed by atoms with E-state index >= 15 is 0 Å². The van der Waals surface area contributed by atoms with Crippen LogP contribution in [0.25, 0.3) is 0 Å². The van der Waals surface area contributed by atoms with E-state index in [4.69, 9.17) is 0 Å². The monoisotopic (exact) mass is 315 g/mol. The molecule has 5 heteroatoms. The molecular weight excluding hydrogens is 307 g/mol. The molecule has 0 bridgehead atoms. The molecule has 1 N–H and O–H groups in total. The van der Waals surface area contributed by atoms with Gasteiger partial charge in [-0.15, -0.1) is 0 Å². The first kappa shape index (κ1) is 13.0. The van der Waals surface area contributed by atoms with Crippen LogP contribution in [-0.4, -0.2) is 0 Å². The molecule has 2 aromatic rings. The van der Waals surface area contributed by atoms with Crippen molar-refractivity contribution in [1.82, 2.24) is 0 Å². The Labute approximate surface area is 111 Å². The van der Waals surface area contributed by atoms with Crippen molar-refractivity contribution in [3.63, 3.8) is 0 Å². The third kappa shape index (κ3) is 3.26. The van der Waals surface area contributed by atoms with Crippen LogP contribution in [0, 0.1) is 17.5 Å². The first-order valence-electron chi connectivity index (χ1n) is 5.18. The highest BCUT2D eigenvalue weighted by atomic mass is 79.9. The normalized spacial score (nSPS) is 10.4. The van der Waals surface area contributed by atoms with Crippen LogP contribution in [-0.2, 0) is 6.54 Å². The Morgan fingerprint density at radius 2 is 1.56 bits per heavy atom. The summed E-state index contributed by atoms with van der Waals surface area (Å²) in [6, 6.07) is 7.44. The van der Waals surface area contributed by atoms with E-state index in [1.54, 1.807) is 6.07 Å². The second-order valence-electron chi connectivity index (χ2n) is 3.76. The topological polar surface area (TPSA) is 12.0 Å². The molecule has 0 heterocycles. The number of benzene rings is 2. The Hall–Kier alpha value is -1.49. The molecule has 0 aliphatic rings. The third-order valence-electron chi connectivity index (χ3n) is 2.33. The average molecular weight is 316 g/mol. The third-order valence-corrected chi connectivity index (χ3v) is 3.03. The number of anilines is 1. The zero-order valence-electron chi connectivity index (χ0n) is 9.18. The highest BCUT2D eigenvalue weighted by molar-refractivity contribution is 9.10. The molecule has 0 aromatic heterocycles. The second-order valence-corrected chi connectivity index (χ2v) is 4.61. The van der Waals surface area contributed by atoms with Gasteiger partial charge in [-0.05, 0) is 51.8 Å². The molecule has 94 valence electrons. The van der Waals surface area contributed by atoms with Gasteiger partial charge < -0.3 is 5.32 Å². The minimum atomic E-state index is -0.634. The first-order chi connectivity index (χ1) is 8.54. The van der Waals surface area contributed by atoms with E-state index in [1.807, 2.05) is 0 Å². The summed E-state index contributed by atoms with van der Waals surface area (Å²) in [6.07, 6.45) is 0. The summed E-state index contributed by atoms with van der Waals surface area (Å²) in [5, 5.41) is 2.90. The summed E-state index contributed by atoms with van der Waals surface area (Å²) in [6.45, 7) is 0.205. The van der Waals surface area contributed by atoms with E-state index in [2.05, 4.69) is 21.2 Å². The van der Waals surface area contributed by atoms with E-state index in [0.717, 1.165) is 6.07 Å². The lowest BCUT2D eigenvalue weighted by Crippen LogP contribution is -2.01. The van der Waals surface area contributed by atoms with E-state index in [1.165, 1.54) is 24.3 Å². The van der Waals surface area contributed by atoms with Crippen molar-refractivity contribution in [2.24, 2.45) is 0 Å². The van der Waals surface area contributed by atoms with E-state index < -0.39 is 11.6 Å². The van der Waals surface area contributed by atoms with Crippen molar-refractivity contribution >= 4 is 21.6 Å². The van der Waals surface area contributed by atoms with Gasteiger partial charge >= 0.3 is 0 Å². The molecule has 0 saturated carbocycles. The molecule has 0 spiro atoms. The Morgan fingerprint density at radius 3 is 2.22 bits per heavy atom. The molecular formula is C13H9BrF3N. The van der Waals surface area contributed by atoms with Gasteiger partial charge in [-0.3, -0.25) is 0 Å². The van der Waals surface area contributed by atoms with Crippen molar-refractivity contribution in [1.29, 1.82) is 0 Å². The molecule has 0 atom stereocenters. The molecule has 0 amide bonds. The average Bonchev–Trinajstić information content (AvgIpc) is 2.29. The lowest BCUT2D eigenvalue weighted by molar-refractivity contribution is 0.580. The summed E-state index contributed by atoms with van der Waals surface area (Å²) in [7, 11) is 0. The number of hydrogen-bond acceptors (Lipinski definition) is 1. The van der Waals surface area contributed by atoms with E-state index in [9.17, 15) is 13.2 Å². The summed E-state index contributed by atoms with van der Waals surface area (Å²) >= 11 is 3.26. The fraction of sp³-hybridized carbons (Fsp3) is 0.0769. The molecule has 0 radical (unpaired) electrons. The molecule has 18 heavy (non-hydrogen) atoms. The van der Waals surface area contributed by atoms with Crippen LogP contribution in [0.4, 0.5) is 18.9 Å². The van der Waals surface area contributed by atoms with Crippen LogP contribution >= 0.6 is 15.9 Å². The van der Waals surface area contributed by atoms with Gasteiger partial charge in [-0.1, -0.05) is 0 Å². The Bertz CT molecular complexity index is 552. The minimum absolute atomic E-state index is 0.205. The number of halogens is 4. The lowest BCUT2D eigenvalue weighted by Gasteiger charge is -2.09. The quantitative estimate of drug-likeness (QED) is 0.880. The number of nitrogens with one attached hydrogen (secondary N) is 1. The maximum atomic E-state index is 13.0. The van der Waals surface area contributed by atoms with Crippen molar-refractivity contribution in [3.8, 4) is 0 Å². The van der Waals surface area contributed by atoms with E-state index in [0.29, 0.717) is 15.7 Å². The van der Waals surface area contributed by atoms with Crippen LogP contribution in [0.1, 0.15) is 5.56 Å². The van der Waals surface area contributed by atoms with E-state index in [-0.39, 0.29) is 12.4 Å². The molecule has 0 aliphatic carbocycles. The standard InChI is InChI=1S/C13H9BrF3N/c14-12-2-1-9(15)6-13(12)18-7-8-3-10(16)5-11(17)4-8/h1-6,18H,7H2. The lowest BCUT2D eigenvalue weighted by atomic mass is 10.2. The predicted octanol–water partition coefficient (Wildman–Crippen LogP) is 4.48. The van der Waals surface area contributed by atoms with Crippen molar-refractivity contribution < 1.29 is 13.2 Å². The van der Waals surface area contributed by atoms with Crippen molar-refractivity contribution in [2.45, 2.75) is 6.54 Å². The fourth-order valence-electron chi connectivity index (χ4n) is 1.54. The number of rotatable bonds is 3. The smallest absolute Gasteiger partial charge is 0.126 e. The van der Waals surface area contributed by atoms with Crippen LogP contribution < -0.4 is 5.32 Å². The Balaban J connectivity index is 2.13. The predicted molar refractivity (Wildman–Crippen MR) is 67.8 cm³/mol. The Morgan fingerprint density at radius 1 is 0.889 bits per heavy atom. The van der Waals surface area contributed by atoms with Gasteiger partial charge in [-0.25, -0.2) is 13.2 Å². The van der Waals surface area contributed by atoms with Crippen LogP contribution in [0.5, 0.6) is 0 Å². The highest BCUT2D eigenvalue weighted by Crippen LogP contribution is 2.23. The van der Waals surface area contributed by atoms with Gasteiger partial charge in [0.25, 0.3) is 0 Å². The van der Waals surface area contributed by atoms with Gasteiger partial charge in [0.1, 0.15) is 17.5 Å². The Kier molecular flexibility index (Phi) is 3.91. The van der Waals surface area contributed by atoms with Gasteiger partial charge in [0, 0.05) is 17.1 Å². The van der Waals surface area contributed by atoms with Gasteiger partial charge in [-0.2, -0.15) is 0 Å². The molecule has 2 rings (SSSR count). The SMILES string of the molecule is Fc1cc(F)cc(CNc2cc(F)ccc2Br)c1. The molecule has 2 aromatic carbocycles. The second kappa shape index (κ2) is 5.44. The van der Waals surface area contributed by atoms with Gasteiger partial charge in [0.15, 0.2) is 0 Å². The van der Waals surface area contributed by atoms with Crippen LogP contribution in [0.3, 0.4) is 0 Å². The van der Waals surface area contributed by atoms with Crippen molar-refractivity contribution in [2.75, 3.05) is 5.32 Å². The molecule has 0 aliphatic heterocycles. The molecule has 0 saturated heterocycles. The van der Waals surface area contributed by atoms with Gasteiger partial charge in [0.05, 0.1) is 5.69 Å². The minimum Gasteiger partial charge on any atom is -0.380 e. The number of hydrogen-bond donors (Lipinski definition) is 1. The highest BCUT2D eigenvalue weighted by Gasteiger charge is 2.04. The van der Waals surface area contributed by atoms with Crippen LogP contribution in [0.2, 0.25) is 0 Å². The van der Waals surface area contributed by atoms with Crippen LogP contribution in [0.15, 0.2) is 40.9 Å². The fourth-order valence-corrected chi connectivity index (χ4v) is 1.93. The summed E-state index contributed by atoms with van der Waals surface area (Å²) in [4.78, 5) is 0. The molecule has 0 unspecified atom stereocenters. The maximum absolute atomic E-state index is 13.0. The summed E-state index contributed by atoms with van der Waals surface area (Å²) in [5.74, 6) is -1.65. The zero-order chi connectivity index (χ0) is 13.1. The van der Waals surface area contributed by atoms with Gasteiger partial charge in [0.2, 0.25) is 0 Å². The zero-order valence-corrected chi connectivity index (χ0v) is 10.8. The summed E-state index contributed by atoms with van der Waals surface area (Å²) in [5.41, 5.74) is 0.975. The molecule has 0 fully saturated rings.